The van der Waals surface area contributed by atoms with Gasteiger partial charge in [0, 0.05) is 18.4 Å². The molecule has 0 unspecified atom stereocenters. The largest absolute Gasteiger partial charge is 0.323 e. The quantitative estimate of drug-likeness (QED) is 0.893. The van der Waals surface area contributed by atoms with Crippen LogP contribution in [-0.4, -0.2) is 9.55 Å². The summed E-state index contributed by atoms with van der Waals surface area (Å²) < 4.78 is 2.13. The van der Waals surface area contributed by atoms with Crippen LogP contribution in [0.15, 0.2) is 24.5 Å². The lowest BCUT2D eigenvalue weighted by Crippen LogP contribution is -2.02. The zero-order chi connectivity index (χ0) is 12.7. The second-order valence-electron chi connectivity index (χ2n) is 4.57. The van der Waals surface area contributed by atoms with E-state index in [4.69, 9.17) is 23.2 Å². The number of halogens is 2. The molecule has 0 saturated heterocycles. The highest BCUT2D eigenvalue weighted by molar-refractivity contribution is 6.39. The Hall–Kier alpha value is -1.19. The second-order valence-corrected chi connectivity index (χ2v) is 5.35. The first-order chi connectivity index (χ1) is 8.66. The van der Waals surface area contributed by atoms with Gasteiger partial charge in [-0.2, -0.15) is 0 Å². The monoisotopic (exact) mass is 281 g/mol. The van der Waals surface area contributed by atoms with Crippen molar-refractivity contribution >= 4 is 34.8 Å². The number of benzene rings is 1. The minimum absolute atomic E-state index is 0.567. The summed E-state index contributed by atoms with van der Waals surface area (Å²) in [6.07, 6.45) is 6.19. The van der Waals surface area contributed by atoms with E-state index < -0.39 is 0 Å². The van der Waals surface area contributed by atoms with Gasteiger partial charge >= 0.3 is 0 Å². The second kappa shape index (κ2) is 4.48. The van der Waals surface area contributed by atoms with Crippen molar-refractivity contribution in [3.8, 4) is 0 Å². The molecule has 94 valence electrons. The summed E-state index contributed by atoms with van der Waals surface area (Å²) in [5.74, 6) is 0.798. The molecule has 3 rings (SSSR count). The van der Waals surface area contributed by atoms with Gasteiger partial charge in [-0.1, -0.05) is 29.3 Å². The first kappa shape index (κ1) is 11.9. The van der Waals surface area contributed by atoms with Crippen LogP contribution in [0.5, 0.6) is 0 Å². The zero-order valence-corrected chi connectivity index (χ0v) is 11.5. The van der Waals surface area contributed by atoms with Gasteiger partial charge in [0.1, 0.15) is 0 Å². The molecular weight excluding hydrogens is 269 g/mol. The molecule has 18 heavy (non-hydrogen) atoms. The number of aromatic nitrogens is 2. The number of rotatable bonds is 3. The van der Waals surface area contributed by atoms with Gasteiger partial charge in [-0.05, 0) is 31.4 Å². The van der Waals surface area contributed by atoms with Gasteiger partial charge in [0.2, 0.25) is 5.95 Å². The fraction of sp³-hybridized carbons (Fsp3) is 0.308. The molecule has 1 N–H and O–H groups in total. The average Bonchev–Trinajstić information content (AvgIpc) is 3.10. The summed E-state index contributed by atoms with van der Waals surface area (Å²) in [4.78, 5) is 4.32. The molecule has 1 aliphatic carbocycles. The van der Waals surface area contributed by atoms with E-state index in [0.29, 0.717) is 16.1 Å². The number of nitrogens with one attached hydrogen (secondary N) is 1. The summed E-state index contributed by atoms with van der Waals surface area (Å²) in [6, 6.07) is 4.32. The minimum atomic E-state index is 0.567. The van der Waals surface area contributed by atoms with Gasteiger partial charge < -0.3 is 9.88 Å². The Bertz CT molecular complexity index is 588. The van der Waals surface area contributed by atoms with Crippen molar-refractivity contribution < 1.29 is 0 Å². The molecule has 5 heteroatoms. The highest BCUT2D eigenvalue weighted by atomic mass is 35.5. The number of hydrogen-bond acceptors (Lipinski definition) is 2. The van der Waals surface area contributed by atoms with Crippen molar-refractivity contribution in [1.29, 1.82) is 0 Å². The van der Waals surface area contributed by atoms with Crippen LogP contribution < -0.4 is 5.32 Å². The molecule has 1 aliphatic rings. The van der Waals surface area contributed by atoms with E-state index in [2.05, 4.69) is 14.9 Å². The maximum atomic E-state index is 6.28. The molecule has 0 bridgehead atoms. The fourth-order valence-corrected chi connectivity index (χ4v) is 2.41. The van der Waals surface area contributed by atoms with Crippen LogP contribution in [0.3, 0.4) is 0 Å². The molecule has 0 radical (unpaired) electrons. The Morgan fingerprint density at radius 1 is 1.33 bits per heavy atom. The summed E-state index contributed by atoms with van der Waals surface area (Å²) in [6.45, 7) is 1.96. The molecule has 0 amide bonds. The lowest BCUT2D eigenvalue weighted by atomic mass is 10.2. The molecule has 1 heterocycles. The molecular formula is C13H13Cl2N3. The first-order valence-corrected chi connectivity index (χ1v) is 6.67. The van der Waals surface area contributed by atoms with E-state index in [1.54, 1.807) is 6.20 Å². The standard InChI is InChI=1S/C13H13Cl2N3/c1-8-2-5-10(14)12(11(8)15)17-13-16-6-7-18(13)9-3-4-9/h2,5-7,9H,3-4H2,1H3,(H,16,17). The van der Waals surface area contributed by atoms with Gasteiger partial charge in [-0.3, -0.25) is 0 Å². The average molecular weight is 282 g/mol. The van der Waals surface area contributed by atoms with Crippen LogP contribution in [-0.2, 0) is 0 Å². The third kappa shape index (κ3) is 2.08. The molecule has 1 aromatic carbocycles. The lowest BCUT2D eigenvalue weighted by molar-refractivity contribution is 0.751. The third-order valence-electron chi connectivity index (χ3n) is 3.13. The summed E-state index contributed by atoms with van der Waals surface area (Å²) in [5.41, 5.74) is 1.72. The number of aryl methyl sites for hydroxylation is 1. The smallest absolute Gasteiger partial charge is 0.207 e. The van der Waals surface area contributed by atoms with Crippen LogP contribution in [0.25, 0.3) is 0 Å². The fourth-order valence-electron chi connectivity index (χ4n) is 1.94. The summed E-state index contributed by atoms with van der Waals surface area (Å²) >= 11 is 12.5. The van der Waals surface area contributed by atoms with E-state index in [9.17, 15) is 0 Å². The summed E-state index contributed by atoms with van der Waals surface area (Å²) in [7, 11) is 0. The molecule has 3 nitrogen and oxygen atoms in total. The normalized spacial score (nSPS) is 14.8. The van der Waals surface area contributed by atoms with Crippen molar-refractivity contribution in [2.24, 2.45) is 0 Å². The Labute approximate surface area is 116 Å². The van der Waals surface area contributed by atoms with Gasteiger partial charge in [-0.25, -0.2) is 4.98 Å². The molecule has 1 fully saturated rings. The summed E-state index contributed by atoms with van der Waals surface area (Å²) in [5, 5.41) is 4.49. The SMILES string of the molecule is Cc1ccc(Cl)c(Nc2nccn2C2CC2)c1Cl. The Morgan fingerprint density at radius 3 is 2.83 bits per heavy atom. The number of imidazole rings is 1. The van der Waals surface area contributed by atoms with Crippen molar-refractivity contribution in [3.63, 3.8) is 0 Å². The molecule has 0 spiro atoms. The zero-order valence-electron chi connectivity index (χ0n) is 9.95. The van der Waals surface area contributed by atoms with Crippen LogP contribution >= 0.6 is 23.2 Å². The van der Waals surface area contributed by atoms with Crippen LogP contribution in [0.1, 0.15) is 24.4 Å². The maximum Gasteiger partial charge on any atom is 0.207 e. The lowest BCUT2D eigenvalue weighted by Gasteiger charge is -2.13. The highest BCUT2D eigenvalue weighted by Crippen LogP contribution is 2.39. The van der Waals surface area contributed by atoms with Gasteiger partial charge in [-0.15, -0.1) is 0 Å². The Kier molecular flexibility index (Phi) is 2.96. The molecule has 1 aromatic heterocycles. The van der Waals surface area contributed by atoms with Crippen molar-refractivity contribution in [1.82, 2.24) is 9.55 Å². The maximum absolute atomic E-state index is 6.28. The van der Waals surface area contributed by atoms with Crippen LogP contribution in [0.2, 0.25) is 10.0 Å². The van der Waals surface area contributed by atoms with Crippen molar-refractivity contribution in [2.75, 3.05) is 5.32 Å². The highest BCUT2D eigenvalue weighted by Gasteiger charge is 2.25. The molecule has 0 aliphatic heterocycles. The number of anilines is 2. The first-order valence-electron chi connectivity index (χ1n) is 5.91. The van der Waals surface area contributed by atoms with E-state index >= 15 is 0 Å². The molecule has 1 saturated carbocycles. The Morgan fingerprint density at radius 2 is 2.11 bits per heavy atom. The van der Waals surface area contributed by atoms with E-state index in [1.807, 2.05) is 25.3 Å². The molecule has 0 atom stereocenters. The third-order valence-corrected chi connectivity index (χ3v) is 3.93. The van der Waals surface area contributed by atoms with Gasteiger partial charge in [0.05, 0.1) is 15.7 Å². The van der Waals surface area contributed by atoms with E-state index in [0.717, 1.165) is 17.2 Å². The Balaban J connectivity index is 1.96. The predicted molar refractivity (Wildman–Crippen MR) is 75.0 cm³/mol. The number of hydrogen-bond donors (Lipinski definition) is 1. The minimum Gasteiger partial charge on any atom is -0.323 e. The van der Waals surface area contributed by atoms with Crippen LogP contribution in [0, 0.1) is 6.92 Å². The number of nitrogens with zero attached hydrogens (tertiary/aromatic N) is 2. The van der Waals surface area contributed by atoms with Crippen LogP contribution in [0.4, 0.5) is 11.6 Å². The van der Waals surface area contributed by atoms with Crippen molar-refractivity contribution in [2.45, 2.75) is 25.8 Å². The predicted octanol–water partition coefficient (Wildman–Crippen LogP) is 4.58. The van der Waals surface area contributed by atoms with Gasteiger partial charge in [0.15, 0.2) is 0 Å². The van der Waals surface area contributed by atoms with E-state index in [1.165, 1.54) is 12.8 Å². The van der Waals surface area contributed by atoms with E-state index in [-0.39, 0.29) is 0 Å². The van der Waals surface area contributed by atoms with Crippen molar-refractivity contribution in [3.05, 3.63) is 40.1 Å². The topological polar surface area (TPSA) is 29.9 Å². The molecule has 2 aromatic rings. The van der Waals surface area contributed by atoms with Gasteiger partial charge in [0.25, 0.3) is 0 Å².